The number of unbranched alkanes of at least 4 members (excludes halogenated alkanes) is 1. The molecule has 0 aromatic heterocycles. The highest BCUT2D eigenvalue weighted by molar-refractivity contribution is 7.92. The third kappa shape index (κ3) is 8.03. The largest absolute Gasteiger partial charge is 0.490 e. The van der Waals surface area contributed by atoms with Gasteiger partial charge in [0.05, 0.1) is 16.6 Å². The topological polar surface area (TPSA) is 96.5 Å². The third-order valence-corrected chi connectivity index (χ3v) is 7.43. The molecule has 0 aliphatic heterocycles. The second kappa shape index (κ2) is 12.7. The van der Waals surface area contributed by atoms with Crippen molar-refractivity contribution in [1.82, 2.24) is 5.32 Å². The summed E-state index contributed by atoms with van der Waals surface area (Å²) in [6, 6.07) is 18.5. The summed E-state index contributed by atoms with van der Waals surface area (Å²) < 4.78 is 34.1. The van der Waals surface area contributed by atoms with Crippen molar-refractivity contribution in [3.8, 4) is 5.75 Å². The molecule has 0 bridgehead atoms. The predicted octanol–water partition coefficient (Wildman–Crippen LogP) is 6.19. The summed E-state index contributed by atoms with van der Waals surface area (Å²) in [5, 5.41) is 5.66. The molecule has 0 aliphatic carbocycles. The van der Waals surface area contributed by atoms with Crippen LogP contribution in [0.2, 0.25) is 0 Å². The fraction of sp³-hybridized carbons (Fsp3) is 0.286. The van der Waals surface area contributed by atoms with Crippen molar-refractivity contribution in [2.75, 3.05) is 10.0 Å². The minimum atomic E-state index is -3.76. The zero-order valence-electron chi connectivity index (χ0n) is 21.5. The maximum Gasteiger partial charge on any atom is 0.261 e. The lowest BCUT2D eigenvalue weighted by molar-refractivity contribution is 0.0970. The summed E-state index contributed by atoms with van der Waals surface area (Å²) >= 11 is 5.30. The number of carbonyl (C=O) groups is 1. The molecule has 3 aromatic carbocycles. The van der Waals surface area contributed by atoms with Crippen LogP contribution in [0.25, 0.3) is 0 Å². The number of benzene rings is 3. The Kier molecular flexibility index (Phi) is 9.66. The molecule has 0 spiro atoms. The summed E-state index contributed by atoms with van der Waals surface area (Å²) in [4.78, 5) is 13.0. The maximum absolute atomic E-state index is 12.9. The summed E-state index contributed by atoms with van der Waals surface area (Å²) in [7, 11) is -3.76. The van der Waals surface area contributed by atoms with Crippen LogP contribution in [0.15, 0.2) is 71.6 Å². The van der Waals surface area contributed by atoms with E-state index in [0.29, 0.717) is 22.7 Å². The Morgan fingerprint density at radius 1 is 0.973 bits per heavy atom. The van der Waals surface area contributed by atoms with Crippen LogP contribution >= 0.6 is 12.2 Å². The van der Waals surface area contributed by atoms with Crippen LogP contribution in [-0.4, -0.2) is 25.5 Å². The quantitative estimate of drug-likeness (QED) is 0.266. The van der Waals surface area contributed by atoms with Gasteiger partial charge in [-0.1, -0.05) is 38.0 Å². The Labute approximate surface area is 224 Å². The van der Waals surface area contributed by atoms with E-state index in [9.17, 15) is 13.2 Å². The molecular weight excluding hydrogens is 506 g/mol. The number of ether oxygens (including phenoxy) is 1. The molecule has 37 heavy (non-hydrogen) atoms. The van der Waals surface area contributed by atoms with E-state index in [-0.39, 0.29) is 16.1 Å². The highest BCUT2D eigenvalue weighted by atomic mass is 32.2. The van der Waals surface area contributed by atoms with E-state index in [1.54, 1.807) is 42.5 Å². The van der Waals surface area contributed by atoms with E-state index in [4.69, 9.17) is 17.0 Å². The van der Waals surface area contributed by atoms with Crippen molar-refractivity contribution in [1.29, 1.82) is 0 Å². The average Bonchev–Trinajstić information content (AvgIpc) is 2.85. The van der Waals surface area contributed by atoms with Gasteiger partial charge in [-0.05, 0) is 99.1 Å². The van der Waals surface area contributed by atoms with Crippen LogP contribution in [0.4, 0.5) is 11.4 Å². The third-order valence-electron chi connectivity index (χ3n) is 5.83. The molecule has 196 valence electrons. The smallest absolute Gasteiger partial charge is 0.261 e. The zero-order chi connectivity index (χ0) is 27.0. The number of anilines is 2. The van der Waals surface area contributed by atoms with Crippen molar-refractivity contribution >= 4 is 44.6 Å². The van der Waals surface area contributed by atoms with Crippen LogP contribution in [0, 0.1) is 13.8 Å². The average molecular weight is 540 g/mol. The van der Waals surface area contributed by atoms with Crippen molar-refractivity contribution in [3.63, 3.8) is 0 Å². The van der Waals surface area contributed by atoms with Crippen molar-refractivity contribution in [2.45, 2.75) is 58.0 Å². The number of aryl methyl sites for hydroxylation is 2. The minimum absolute atomic E-state index is 0.0155. The SMILES string of the molecule is CCCCC(C)Oc1ccccc1C(=O)NC(=S)Nc1ccc(S(=O)(=O)Nc2ccc(C)c(C)c2)cc1. The standard InChI is InChI=1S/C28H33N3O4S2/c1-5-6-9-21(4)35-26-11-8-7-10-25(26)27(32)30-28(36)29-22-14-16-24(17-15-22)37(33,34)31-23-13-12-19(2)20(3)18-23/h7-8,10-18,21,31H,5-6,9H2,1-4H3,(H2,29,30,32,36). The molecule has 0 saturated carbocycles. The van der Waals surface area contributed by atoms with Crippen LogP contribution < -0.4 is 20.1 Å². The number of rotatable bonds is 10. The number of nitrogens with one attached hydrogen (secondary N) is 3. The minimum Gasteiger partial charge on any atom is -0.490 e. The number of sulfonamides is 1. The molecule has 0 fully saturated rings. The van der Waals surface area contributed by atoms with Gasteiger partial charge in [0.15, 0.2) is 5.11 Å². The predicted molar refractivity (Wildman–Crippen MR) is 153 cm³/mol. The first kappa shape index (κ1) is 28.1. The second-order valence-corrected chi connectivity index (χ2v) is 11.0. The second-order valence-electron chi connectivity index (χ2n) is 8.90. The molecule has 0 saturated heterocycles. The molecular formula is C28H33N3O4S2. The van der Waals surface area contributed by atoms with Gasteiger partial charge in [-0.3, -0.25) is 14.8 Å². The van der Waals surface area contributed by atoms with Crippen LogP contribution in [0.3, 0.4) is 0 Å². The van der Waals surface area contributed by atoms with Gasteiger partial charge in [0.1, 0.15) is 5.75 Å². The van der Waals surface area contributed by atoms with Gasteiger partial charge in [-0.15, -0.1) is 0 Å². The van der Waals surface area contributed by atoms with E-state index < -0.39 is 15.9 Å². The van der Waals surface area contributed by atoms with Crippen LogP contribution in [0.1, 0.15) is 54.6 Å². The molecule has 3 aromatic rings. The Morgan fingerprint density at radius 2 is 1.65 bits per heavy atom. The van der Waals surface area contributed by atoms with Gasteiger partial charge in [0, 0.05) is 11.4 Å². The van der Waals surface area contributed by atoms with Crippen LogP contribution in [0.5, 0.6) is 5.75 Å². The summed E-state index contributed by atoms with van der Waals surface area (Å²) in [5.41, 5.74) is 3.50. The Morgan fingerprint density at radius 3 is 2.32 bits per heavy atom. The maximum atomic E-state index is 12.9. The Hall–Kier alpha value is -3.43. The zero-order valence-corrected chi connectivity index (χ0v) is 23.1. The highest BCUT2D eigenvalue weighted by Gasteiger charge is 2.17. The van der Waals surface area contributed by atoms with E-state index in [1.807, 2.05) is 32.9 Å². The number of para-hydroxylation sites is 1. The number of carbonyl (C=O) groups excluding carboxylic acids is 1. The number of thiocarbonyl (C=S) groups is 1. The summed E-state index contributed by atoms with van der Waals surface area (Å²) in [6.07, 6.45) is 3.01. The van der Waals surface area contributed by atoms with Crippen molar-refractivity contribution in [2.24, 2.45) is 0 Å². The molecule has 3 N–H and O–H groups in total. The number of amides is 1. The molecule has 0 heterocycles. The lowest BCUT2D eigenvalue weighted by atomic mass is 10.1. The van der Waals surface area contributed by atoms with E-state index in [2.05, 4.69) is 22.3 Å². The lowest BCUT2D eigenvalue weighted by Crippen LogP contribution is -2.34. The highest BCUT2D eigenvalue weighted by Crippen LogP contribution is 2.22. The monoisotopic (exact) mass is 539 g/mol. The van der Waals surface area contributed by atoms with Crippen molar-refractivity contribution in [3.05, 3.63) is 83.4 Å². The molecule has 7 nitrogen and oxygen atoms in total. The molecule has 1 atom stereocenters. The first-order valence-electron chi connectivity index (χ1n) is 12.2. The van der Waals surface area contributed by atoms with Gasteiger partial charge < -0.3 is 10.1 Å². The van der Waals surface area contributed by atoms with Gasteiger partial charge in [0.25, 0.3) is 15.9 Å². The number of hydrogen-bond donors (Lipinski definition) is 3. The molecule has 3 rings (SSSR count). The molecule has 1 unspecified atom stereocenters. The fourth-order valence-corrected chi connectivity index (χ4v) is 4.85. The Bertz CT molecular complexity index is 1360. The molecule has 0 radical (unpaired) electrons. The van der Waals surface area contributed by atoms with E-state index in [0.717, 1.165) is 30.4 Å². The Balaban J connectivity index is 1.62. The normalized spacial score (nSPS) is 11.9. The first-order valence-corrected chi connectivity index (χ1v) is 14.1. The van der Waals surface area contributed by atoms with E-state index >= 15 is 0 Å². The summed E-state index contributed by atoms with van der Waals surface area (Å²) in [5.74, 6) is 0.102. The molecule has 0 aliphatic rings. The number of hydrogen-bond acceptors (Lipinski definition) is 5. The molecule has 1 amide bonds. The first-order chi connectivity index (χ1) is 17.6. The van der Waals surface area contributed by atoms with Gasteiger partial charge in [-0.25, -0.2) is 8.42 Å². The van der Waals surface area contributed by atoms with E-state index in [1.165, 1.54) is 12.1 Å². The fourth-order valence-electron chi connectivity index (χ4n) is 3.59. The van der Waals surface area contributed by atoms with Crippen molar-refractivity contribution < 1.29 is 17.9 Å². The lowest BCUT2D eigenvalue weighted by Gasteiger charge is -2.17. The van der Waals surface area contributed by atoms with Gasteiger partial charge in [0.2, 0.25) is 0 Å². The molecule has 9 heteroatoms. The summed E-state index contributed by atoms with van der Waals surface area (Å²) in [6.45, 7) is 8.00. The van der Waals surface area contributed by atoms with Gasteiger partial charge in [-0.2, -0.15) is 0 Å². The van der Waals surface area contributed by atoms with Crippen LogP contribution in [-0.2, 0) is 10.0 Å². The van der Waals surface area contributed by atoms with Gasteiger partial charge >= 0.3 is 0 Å².